The van der Waals surface area contributed by atoms with E-state index in [4.69, 9.17) is 9.84 Å². The van der Waals surface area contributed by atoms with Gasteiger partial charge < -0.3 is 9.84 Å². The molecule has 78 valence electrons. The number of halogens is 1. The molecule has 1 aromatic carbocycles. The number of hydrogen-bond acceptors (Lipinski definition) is 2. The second-order valence-electron chi connectivity index (χ2n) is 3.37. The van der Waals surface area contributed by atoms with Gasteiger partial charge in [0, 0.05) is 6.42 Å². The van der Waals surface area contributed by atoms with Gasteiger partial charge in [0.05, 0.1) is 12.7 Å². The standard InChI is InChI=1S/C11H15FO2/c1-8-4-3-5-10(11(8)12)14-7-6-9(2)13/h3-5,9,13H,6-7H2,1-2H3. The molecular weight excluding hydrogens is 183 g/mol. The Morgan fingerprint density at radius 1 is 1.50 bits per heavy atom. The van der Waals surface area contributed by atoms with Crippen molar-refractivity contribution >= 4 is 0 Å². The molecule has 14 heavy (non-hydrogen) atoms. The summed E-state index contributed by atoms with van der Waals surface area (Å²) in [6.07, 6.45) is 0.0933. The molecule has 0 bridgehead atoms. The SMILES string of the molecule is Cc1cccc(OCCC(C)O)c1F. The summed E-state index contributed by atoms with van der Waals surface area (Å²) in [5.74, 6) is -0.0660. The molecule has 1 aromatic rings. The van der Waals surface area contributed by atoms with Gasteiger partial charge >= 0.3 is 0 Å². The Morgan fingerprint density at radius 3 is 2.86 bits per heavy atom. The summed E-state index contributed by atoms with van der Waals surface area (Å²) < 4.78 is 18.5. The lowest BCUT2D eigenvalue weighted by atomic mass is 10.2. The minimum Gasteiger partial charge on any atom is -0.490 e. The van der Waals surface area contributed by atoms with Crippen molar-refractivity contribution in [1.29, 1.82) is 0 Å². The summed E-state index contributed by atoms with van der Waals surface area (Å²) in [5, 5.41) is 8.98. The number of benzene rings is 1. The van der Waals surface area contributed by atoms with Gasteiger partial charge in [-0.2, -0.15) is 0 Å². The highest BCUT2D eigenvalue weighted by Gasteiger charge is 2.05. The molecule has 0 amide bonds. The maximum Gasteiger partial charge on any atom is 0.167 e. The molecule has 0 spiro atoms. The van der Waals surface area contributed by atoms with Crippen LogP contribution < -0.4 is 4.74 Å². The van der Waals surface area contributed by atoms with Crippen LogP contribution in [0.3, 0.4) is 0 Å². The molecule has 0 aliphatic carbocycles. The predicted octanol–water partition coefficient (Wildman–Crippen LogP) is 2.28. The third kappa shape index (κ3) is 3.00. The summed E-state index contributed by atoms with van der Waals surface area (Å²) in [5.41, 5.74) is 0.569. The zero-order chi connectivity index (χ0) is 10.6. The zero-order valence-electron chi connectivity index (χ0n) is 8.46. The van der Waals surface area contributed by atoms with E-state index in [1.54, 1.807) is 32.0 Å². The monoisotopic (exact) mass is 198 g/mol. The van der Waals surface area contributed by atoms with Crippen LogP contribution in [0.15, 0.2) is 18.2 Å². The first-order valence-corrected chi connectivity index (χ1v) is 4.67. The van der Waals surface area contributed by atoms with Crippen LogP contribution in [-0.4, -0.2) is 17.8 Å². The van der Waals surface area contributed by atoms with Crippen LogP contribution in [0.5, 0.6) is 5.75 Å². The first kappa shape index (κ1) is 11.0. The molecule has 0 aliphatic heterocycles. The van der Waals surface area contributed by atoms with Crippen molar-refractivity contribution in [1.82, 2.24) is 0 Å². The van der Waals surface area contributed by atoms with Crippen LogP contribution in [-0.2, 0) is 0 Å². The smallest absolute Gasteiger partial charge is 0.167 e. The van der Waals surface area contributed by atoms with Crippen molar-refractivity contribution in [3.05, 3.63) is 29.6 Å². The lowest BCUT2D eigenvalue weighted by molar-refractivity contribution is 0.154. The Bertz CT molecular complexity index is 297. The van der Waals surface area contributed by atoms with E-state index in [9.17, 15) is 4.39 Å². The molecule has 2 nitrogen and oxygen atoms in total. The summed E-state index contributed by atoms with van der Waals surface area (Å²) in [6.45, 7) is 3.70. The van der Waals surface area contributed by atoms with Crippen LogP contribution in [0.25, 0.3) is 0 Å². The Labute approximate surface area is 83.3 Å². The van der Waals surface area contributed by atoms with Gasteiger partial charge in [-0.15, -0.1) is 0 Å². The Balaban J connectivity index is 2.54. The molecule has 1 N–H and O–H groups in total. The van der Waals surface area contributed by atoms with E-state index in [0.717, 1.165) is 0 Å². The van der Waals surface area contributed by atoms with E-state index in [2.05, 4.69) is 0 Å². The normalized spacial score (nSPS) is 12.6. The van der Waals surface area contributed by atoms with Gasteiger partial charge in [-0.3, -0.25) is 0 Å². The van der Waals surface area contributed by atoms with Gasteiger partial charge in [0.25, 0.3) is 0 Å². The molecule has 0 saturated carbocycles. The van der Waals surface area contributed by atoms with Gasteiger partial charge in [0.2, 0.25) is 0 Å². The number of ether oxygens (including phenoxy) is 1. The van der Waals surface area contributed by atoms with Crippen molar-refractivity contribution in [2.45, 2.75) is 26.4 Å². The Morgan fingerprint density at radius 2 is 2.21 bits per heavy atom. The lowest BCUT2D eigenvalue weighted by Crippen LogP contribution is -2.08. The summed E-state index contributed by atoms with van der Waals surface area (Å²) >= 11 is 0. The van der Waals surface area contributed by atoms with E-state index < -0.39 is 6.10 Å². The molecule has 0 heterocycles. The number of rotatable bonds is 4. The molecule has 0 aliphatic rings. The second-order valence-corrected chi connectivity index (χ2v) is 3.37. The van der Waals surface area contributed by atoms with Crippen LogP contribution in [0, 0.1) is 12.7 Å². The molecule has 1 atom stereocenters. The zero-order valence-corrected chi connectivity index (χ0v) is 8.46. The quantitative estimate of drug-likeness (QED) is 0.804. The number of hydrogen-bond donors (Lipinski definition) is 1. The fraction of sp³-hybridized carbons (Fsp3) is 0.455. The summed E-state index contributed by atoms with van der Waals surface area (Å²) in [4.78, 5) is 0. The Kier molecular flexibility index (Phi) is 3.89. The number of aryl methyl sites for hydroxylation is 1. The van der Waals surface area contributed by atoms with Crippen molar-refractivity contribution in [3.8, 4) is 5.75 Å². The van der Waals surface area contributed by atoms with E-state index in [1.807, 2.05) is 0 Å². The van der Waals surface area contributed by atoms with Gasteiger partial charge in [-0.05, 0) is 25.5 Å². The third-order valence-electron chi connectivity index (χ3n) is 1.95. The molecule has 1 rings (SSSR count). The van der Waals surface area contributed by atoms with E-state index in [1.165, 1.54) is 0 Å². The average Bonchev–Trinajstić information content (AvgIpc) is 2.12. The topological polar surface area (TPSA) is 29.5 Å². The fourth-order valence-electron chi connectivity index (χ4n) is 1.07. The van der Waals surface area contributed by atoms with E-state index in [0.29, 0.717) is 18.6 Å². The lowest BCUT2D eigenvalue weighted by Gasteiger charge is -2.09. The molecule has 1 unspecified atom stereocenters. The third-order valence-corrected chi connectivity index (χ3v) is 1.95. The predicted molar refractivity (Wildman–Crippen MR) is 52.9 cm³/mol. The van der Waals surface area contributed by atoms with Gasteiger partial charge in [-0.25, -0.2) is 4.39 Å². The largest absolute Gasteiger partial charge is 0.490 e. The summed E-state index contributed by atoms with van der Waals surface area (Å²) in [6, 6.07) is 5.03. The van der Waals surface area contributed by atoms with Crippen molar-refractivity contribution in [3.63, 3.8) is 0 Å². The first-order chi connectivity index (χ1) is 6.61. The van der Waals surface area contributed by atoms with Crippen LogP contribution in [0.2, 0.25) is 0 Å². The van der Waals surface area contributed by atoms with Crippen LogP contribution in [0.4, 0.5) is 4.39 Å². The fourth-order valence-corrected chi connectivity index (χ4v) is 1.07. The molecule has 0 aromatic heterocycles. The highest BCUT2D eigenvalue weighted by molar-refractivity contribution is 5.29. The first-order valence-electron chi connectivity index (χ1n) is 4.67. The number of aliphatic hydroxyl groups excluding tert-OH is 1. The molecular formula is C11H15FO2. The van der Waals surface area contributed by atoms with E-state index >= 15 is 0 Å². The number of aliphatic hydroxyl groups is 1. The molecule has 0 saturated heterocycles. The van der Waals surface area contributed by atoms with Crippen LogP contribution >= 0.6 is 0 Å². The minimum atomic E-state index is -0.414. The van der Waals surface area contributed by atoms with Crippen molar-refractivity contribution < 1.29 is 14.2 Å². The Hall–Kier alpha value is -1.09. The molecule has 3 heteroatoms. The van der Waals surface area contributed by atoms with Crippen molar-refractivity contribution in [2.24, 2.45) is 0 Å². The maximum absolute atomic E-state index is 13.3. The maximum atomic E-state index is 13.3. The van der Waals surface area contributed by atoms with Gasteiger partial charge in [0.1, 0.15) is 0 Å². The minimum absolute atomic E-state index is 0.255. The average molecular weight is 198 g/mol. The molecule has 0 fully saturated rings. The highest BCUT2D eigenvalue weighted by atomic mass is 19.1. The van der Waals surface area contributed by atoms with Crippen molar-refractivity contribution in [2.75, 3.05) is 6.61 Å². The highest BCUT2D eigenvalue weighted by Crippen LogP contribution is 2.19. The van der Waals surface area contributed by atoms with Crippen LogP contribution in [0.1, 0.15) is 18.9 Å². The summed E-state index contributed by atoms with van der Waals surface area (Å²) in [7, 11) is 0. The van der Waals surface area contributed by atoms with E-state index in [-0.39, 0.29) is 11.6 Å². The van der Waals surface area contributed by atoms with Gasteiger partial charge in [-0.1, -0.05) is 12.1 Å². The molecule has 0 radical (unpaired) electrons. The second kappa shape index (κ2) is 4.96. The van der Waals surface area contributed by atoms with Gasteiger partial charge in [0.15, 0.2) is 11.6 Å².